The Morgan fingerprint density at radius 2 is 2.11 bits per heavy atom. The molecule has 0 spiro atoms. The number of ether oxygens (including phenoxy) is 2. The molecule has 3 N–H and O–H groups in total. The zero-order valence-electron chi connectivity index (χ0n) is 10.9. The first-order valence-corrected chi connectivity index (χ1v) is 6.07. The average Bonchev–Trinajstić information content (AvgIpc) is 2.37. The van der Waals surface area contributed by atoms with Crippen molar-refractivity contribution in [1.29, 1.82) is 0 Å². The molecule has 0 saturated heterocycles. The van der Waals surface area contributed by atoms with E-state index in [1.807, 2.05) is 13.8 Å². The number of benzene rings is 1. The summed E-state index contributed by atoms with van der Waals surface area (Å²) in [5, 5.41) is 2.75. The van der Waals surface area contributed by atoms with Gasteiger partial charge in [0.05, 0.1) is 18.9 Å². The van der Waals surface area contributed by atoms with Gasteiger partial charge in [-0.05, 0) is 32.0 Å². The van der Waals surface area contributed by atoms with Crippen molar-refractivity contribution in [2.75, 3.05) is 32.1 Å². The number of hydrogen-bond donors (Lipinski definition) is 2. The Hall–Kier alpha value is -1.75. The van der Waals surface area contributed by atoms with Crippen LogP contribution in [0.4, 0.5) is 5.69 Å². The first-order chi connectivity index (χ1) is 8.69. The van der Waals surface area contributed by atoms with Crippen LogP contribution >= 0.6 is 0 Å². The zero-order chi connectivity index (χ0) is 13.4. The first-order valence-electron chi connectivity index (χ1n) is 6.07. The summed E-state index contributed by atoms with van der Waals surface area (Å²) in [5.74, 6) is 0.438. The van der Waals surface area contributed by atoms with E-state index in [0.717, 1.165) is 0 Å². The van der Waals surface area contributed by atoms with E-state index in [1.54, 1.807) is 18.2 Å². The standard InChI is InChI=1S/C13H20N2O3/c1-3-17-8-7-15-13(16)10-5-6-12(18-4-2)11(14)9-10/h5-6,9H,3-4,7-8,14H2,1-2H3,(H,15,16). The molecule has 0 fully saturated rings. The fraction of sp³-hybridized carbons (Fsp3) is 0.462. The number of carbonyl (C=O) groups is 1. The highest BCUT2D eigenvalue weighted by molar-refractivity contribution is 5.95. The smallest absolute Gasteiger partial charge is 0.251 e. The molecule has 18 heavy (non-hydrogen) atoms. The van der Waals surface area contributed by atoms with Gasteiger partial charge in [-0.25, -0.2) is 0 Å². The summed E-state index contributed by atoms with van der Waals surface area (Å²) in [6.07, 6.45) is 0. The normalized spacial score (nSPS) is 10.1. The molecule has 0 bridgehead atoms. The Bertz CT molecular complexity index is 394. The van der Waals surface area contributed by atoms with Gasteiger partial charge in [0.25, 0.3) is 5.91 Å². The van der Waals surface area contributed by atoms with E-state index in [4.69, 9.17) is 15.2 Å². The molecule has 1 amide bonds. The van der Waals surface area contributed by atoms with Crippen LogP contribution in [0.15, 0.2) is 18.2 Å². The predicted molar refractivity (Wildman–Crippen MR) is 70.8 cm³/mol. The average molecular weight is 252 g/mol. The van der Waals surface area contributed by atoms with Crippen LogP contribution in [-0.2, 0) is 4.74 Å². The lowest BCUT2D eigenvalue weighted by Gasteiger charge is -2.09. The number of hydrogen-bond acceptors (Lipinski definition) is 4. The van der Waals surface area contributed by atoms with Crippen molar-refractivity contribution in [2.24, 2.45) is 0 Å². The summed E-state index contributed by atoms with van der Waals surface area (Å²) in [4.78, 5) is 11.8. The Kier molecular flexibility index (Phi) is 6.00. The van der Waals surface area contributed by atoms with Gasteiger partial charge in [0, 0.05) is 18.7 Å². The van der Waals surface area contributed by atoms with Gasteiger partial charge in [-0.1, -0.05) is 0 Å². The molecule has 5 heteroatoms. The summed E-state index contributed by atoms with van der Waals surface area (Å²) in [7, 11) is 0. The third-order valence-electron chi connectivity index (χ3n) is 2.31. The number of carbonyl (C=O) groups excluding carboxylic acids is 1. The lowest BCUT2D eigenvalue weighted by Crippen LogP contribution is -2.27. The molecule has 0 unspecified atom stereocenters. The third-order valence-corrected chi connectivity index (χ3v) is 2.31. The summed E-state index contributed by atoms with van der Waals surface area (Å²) >= 11 is 0. The molecule has 0 saturated carbocycles. The minimum Gasteiger partial charge on any atom is -0.492 e. The van der Waals surface area contributed by atoms with Crippen LogP contribution in [0.25, 0.3) is 0 Å². The van der Waals surface area contributed by atoms with Gasteiger partial charge < -0.3 is 20.5 Å². The molecule has 1 aromatic rings. The molecule has 0 radical (unpaired) electrons. The van der Waals surface area contributed by atoms with Crippen LogP contribution in [0, 0.1) is 0 Å². The van der Waals surface area contributed by atoms with E-state index in [-0.39, 0.29) is 5.91 Å². The molecule has 0 aliphatic carbocycles. The van der Waals surface area contributed by atoms with E-state index in [2.05, 4.69) is 5.32 Å². The van der Waals surface area contributed by atoms with Gasteiger partial charge in [-0.2, -0.15) is 0 Å². The molecular weight excluding hydrogens is 232 g/mol. The van der Waals surface area contributed by atoms with Gasteiger partial charge in [-0.15, -0.1) is 0 Å². The maximum Gasteiger partial charge on any atom is 0.251 e. The lowest BCUT2D eigenvalue weighted by molar-refractivity contribution is 0.0922. The second-order valence-electron chi connectivity index (χ2n) is 3.64. The fourth-order valence-corrected chi connectivity index (χ4v) is 1.46. The minimum atomic E-state index is -0.163. The minimum absolute atomic E-state index is 0.163. The zero-order valence-corrected chi connectivity index (χ0v) is 10.9. The van der Waals surface area contributed by atoms with Gasteiger partial charge in [0.1, 0.15) is 5.75 Å². The second-order valence-corrected chi connectivity index (χ2v) is 3.64. The number of rotatable bonds is 7. The summed E-state index contributed by atoms with van der Waals surface area (Å²) in [5.41, 5.74) is 6.78. The highest BCUT2D eigenvalue weighted by Crippen LogP contribution is 2.22. The summed E-state index contributed by atoms with van der Waals surface area (Å²) < 4.78 is 10.4. The maximum atomic E-state index is 11.8. The van der Waals surface area contributed by atoms with Crippen molar-refractivity contribution in [2.45, 2.75) is 13.8 Å². The van der Waals surface area contributed by atoms with Crippen molar-refractivity contribution >= 4 is 11.6 Å². The van der Waals surface area contributed by atoms with E-state index in [0.29, 0.717) is 43.4 Å². The molecule has 0 aromatic heterocycles. The molecule has 0 heterocycles. The van der Waals surface area contributed by atoms with Crippen molar-refractivity contribution in [3.8, 4) is 5.75 Å². The van der Waals surface area contributed by atoms with Gasteiger partial charge in [0.15, 0.2) is 0 Å². The lowest BCUT2D eigenvalue weighted by atomic mass is 10.2. The number of anilines is 1. The SMILES string of the molecule is CCOCCNC(=O)c1ccc(OCC)c(N)c1. The monoisotopic (exact) mass is 252 g/mol. The molecular formula is C13H20N2O3. The molecule has 0 aliphatic rings. The van der Waals surface area contributed by atoms with Crippen LogP contribution < -0.4 is 15.8 Å². The molecule has 0 aliphatic heterocycles. The van der Waals surface area contributed by atoms with Crippen molar-refractivity contribution in [3.63, 3.8) is 0 Å². The highest BCUT2D eigenvalue weighted by atomic mass is 16.5. The topological polar surface area (TPSA) is 73.6 Å². The Morgan fingerprint density at radius 3 is 2.72 bits per heavy atom. The molecule has 1 aromatic carbocycles. The second kappa shape index (κ2) is 7.55. The van der Waals surface area contributed by atoms with E-state index in [9.17, 15) is 4.79 Å². The Morgan fingerprint density at radius 1 is 1.33 bits per heavy atom. The third kappa shape index (κ3) is 4.25. The first kappa shape index (κ1) is 14.3. The molecule has 1 rings (SSSR count). The van der Waals surface area contributed by atoms with Crippen LogP contribution in [0.5, 0.6) is 5.75 Å². The van der Waals surface area contributed by atoms with Crippen molar-refractivity contribution in [3.05, 3.63) is 23.8 Å². The van der Waals surface area contributed by atoms with Crippen LogP contribution in [0.3, 0.4) is 0 Å². The highest BCUT2D eigenvalue weighted by Gasteiger charge is 2.08. The van der Waals surface area contributed by atoms with E-state index < -0.39 is 0 Å². The van der Waals surface area contributed by atoms with Crippen LogP contribution in [0.2, 0.25) is 0 Å². The van der Waals surface area contributed by atoms with Crippen LogP contribution in [-0.4, -0.2) is 32.3 Å². The van der Waals surface area contributed by atoms with Gasteiger partial charge in [0.2, 0.25) is 0 Å². The molecule has 100 valence electrons. The number of nitrogens with two attached hydrogens (primary N) is 1. The van der Waals surface area contributed by atoms with Crippen molar-refractivity contribution < 1.29 is 14.3 Å². The number of nitrogens with one attached hydrogen (secondary N) is 1. The summed E-state index contributed by atoms with van der Waals surface area (Å²) in [6, 6.07) is 5.01. The molecule has 0 atom stereocenters. The largest absolute Gasteiger partial charge is 0.492 e. The fourth-order valence-electron chi connectivity index (χ4n) is 1.46. The van der Waals surface area contributed by atoms with Crippen LogP contribution in [0.1, 0.15) is 24.2 Å². The number of amides is 1. The van der Waals surface area contributed by atoms with Gasteiger partial charge >= 0.3 is 0 Å². The number of nitrogen functional groups attached to an aromatic ring is 1. The molecule has 5 nitrogen and oxygen atoms in total. The van der Waals surface area contributed by atoms with E-state index >= 15 is 0 Å². The van der Waals surface area contributed by atoms with E-state index in [1.165, 1.54) is 0 Å². The Labute approximate surface area is 107 Å². The van der Waals surface area contributed by atoms with Crippen molar-refractivity contribution in [1.82, 2.24) is 5.32 Å². The summed E-state index contributed by atoms with van der Waals surface area (Å²) in [6.45, 7) is 5.98. The quantitative estimate of drug-likeness (QED) is 0.569. The predicted octanol–water partition coefficient (Wildman–Crippen LogP) is 1.43. The maximum absolute atomic E-state index is 11.8. The Balaban J connectivity index is 2.55. The van der Waals surface area contributed by atoms with Gasteiger partial charge in [-0.3, -0.25) is 4.79 Å².